The molecule has 1 aliphatic rings. The Morgan fingerprint density at radius 1 is 1.41 bits per heavy atom. The number of likely N-dealkylation sites (tertiary alicyclic amines) is 1. The summed E-state index contributed by atoms with van der Waals surface area (Å²) in [4.78, 5) is 42.0. The van der Waals surface area contributed by atoms with Crippen LogP contribution in [0.2, 0.25) is 5.02 Å². The van der Waals surface area contributed by atoms with Crippen LogP contribution in [0.5, 0.6) is 0 Å². The van der Waals surface area contributed by atoms with Gasteiger partial charge in [0.2, 0.25) is 6.41 Å². The number of aliphatic hydroxyl groups excluding tert-OH is 2. The number of piperidine rings is 1. The molecule has 32 heavy (non-hydrogen) atoms. The number of esters is 1. The highest BCUT2D eigenvalue weighted by Crippen LogP contribution is 2.26. The summed E-state index contributed by atoms with van der Waals surface area (Å²) in [6.07, 6.45) is -0.134. The molecule has 2 aromatic rings. The van der Waals surface area contributed by atoms with Crippen LogP contribution in [0.25, 0.3) is 10.9 Å². The maximum absolute atomic E-state index is 12.8. The van der Waals surface area contributed by atoms with Gasteiger partial charge in [0.05, 0.1) is 34.9 Å². The van der Waals surface area contributed by atoms with E-state index in [0.29, 0.717) is 34.4 Å². The van der Waals surface area contributed by atoms with Gasteiger partial charge in [-0.05, 0) is 40.9 Å². The van der Waals surface area contributed by atoms with Gasteiger partial charge >= 0.3 is 5.97 Å². The number of ether oxygens (including phenoxy) is 2. The van der Waals surface area contributed by atoms with Crippen LogP contribution in [0.1, 0.15) is 26.2 Å². The second-order valence-corrected chi connectivity index (χ2v) is 8.73. The number of hydrogen-bond donors (Lipinski definition) is 2. The Labute approximate surface area is 196 Å². The van der Waals surface area contributed by atoms with Crippen molar-refractivity contribution in [3.8, 4) is 0 Å². The van der Waals surface area contributed by atoms with E-state index in [2.05, 4.69) is 25.7 Å². The van der Waals surface area contributed by atoms with Gasteiger partial charge in [-0.15, -0.1) is 0 Å². The van der Waals surface area contributed by atoms with Crippen molar-refractivity contribution in [2.24, 2.45) is 0 Å². The van der Waals surface area contributed by atoms with Crippen molar-refractivity contribution in [2.75, 3.05) is 13.3 Å². The Morgan fingerprint density at radius 2 is 2.16 bits per heavy atom. The zero-order chi connectivity index (χ0) is 23.4. The quantitative estimate of drug-likeness (QED) is 0.383. The molecule has 3 atom stereocenters. The van der Waals surface area contributed by atoms with Crippen molar-refractivity contribution in [1.29, 1.82) is 0 Å². The van der Waals surface area contributed by atoms with Crippen molar-refractivity contribution in [3.63, 3.8) is 0 Å². The summed E-state index contributed by atoms with van der Waals surface area (Å²) in [7, 11) is 0. The van der Waals surface area contributed by atoms with E-state index in [1.165, 1.54) is 28.8 Å². The summed E-state index contributed by atoms with van der Waals surface area (Å²) < 4.78 is 11.5. The van der Waals surface area contributed by atoms with Crippen LogP contribution in [0.4, 0.5) is 0 Å². The molecule has 0 aliphatic carbocycles. The van der Waals surface area contributed by atoms with Gasteiger partial charge in [-0.1, -0.05) is 11.6 Å². The zero-order valence-electron chi connectivity index (χ0n) is 17.2. The number of carbonyl (C=O) groups excluding carboxylic acids is 2. The van der Waals surface area contributed by atoms with Crippen LogP contribution < -0.4 is 5.56 Å². The van der Waals surface area contributed by atoms with Crippen molar-refractivity contribution < 1.29 is 29.3 Å². The molecule has 12 heteroatoms. The van der Waals surface area contributed by atoms with Crippen molar-refractivity contribution >= 4 is 50.2 Å². The van der Waals surface area contributed by atoms with Gasteiger partial charge in [-0.25, -0.2) is 9.88 Å². The summed E-state index contributed by atoms with van der Waals surface area (Å²) in [6.45, 7) is 0.872. The molecule has 1 aromatic heterocycles. The smallest absolute Gasteiger partial charge is 0.304 e. The number of nitrogens with zero attached hydrogens (tertiary/aromatic N) is 3. The van der Waals surface area contributed by atoms with Crippen LogP contribution in [0.15, 0.2) is 27.7 Å². The molecule has 174 valence electrons. The molecule has 0 radical (unpaired) electrons. The van der Waals surface area contributed by atoms with Crippen LogP contribution in [-0.4, -0.2) is 68.3 Å². The number of carbonyl (C=O) groups is 2. The summed E-state index contributed by atoms with van der Waals surface area (Å²) in [5.41, 5.74) is 0.0282. The Hall–Kier alpha value is -1.89. The minimum Gasteiger partial charge on any atom is -0.438 e. The molecule has 1 saturated heterocycles. The molecule has 1 aromatic carbocycles. The molecule has 2 heterocycles. The van der Waals surface area contributed by atoms with Gasteiger partial charge in [0.15, 0.2) is 12.6 Å². The van der Waals surface area contributed by atoms with Crippen molar-refractivity contribution in [1.82, 2.24) is 14.5 Å². The molecule has 1 fully saturated rings. The minimum atomic E-state index is -1.47. The van der Waals surface area contributed by atoms with Gasteiger partial charge < -0.3 is 19.7 Å². The van der Waals surface area contributed by atoms with Crippen molar-refractivity contribution in [2.45, 2.75) is 51.3 Å². The van der Waals surface area contributed by atoms with Crippen LogP contribution in [-0.2, 0) is 25.6 Å². The number of ketones is 1. The lowest BCUT2D eigenvalue weighted by Gasteiger charge is -2.40. The normalized spacial score (nSPS) is 20.3. The first kappa shape index (κ1) is 24.7. The molecule has 3 rings (SSSR count). The van der Waals surface area contributed by atoms with Gasteiger partial charge in [0, 0.05) is 30.4 Å². The molecule has 0 bridgehead atoms. The third-order valence-electron chi connectivity index (χ3n) is 5.20. The maximum atomic E-state index is 12.8. The van der Waals surface area contributed by atoms with E-state index in [-0.39, 0.29) is 24.1 Å². The van der Waals surface area contributed by atoms with E-state index in [9.17, 15) is 24.6 Å². The predicted molar refractivity (Wildman–Crippen MR) is 118 cm³/mol. The number of fused-ring (bicyclic) bond motifs is 1. The second kappa shape index (κ2) is 10.8. The van der Waals surface area contributed by atoms with E-state index in [4.69, 9.17) is 16.3 Å². The summed E-state index contributed by atoms with van der Waals surface area (Å²) >= 11 is 9.36. The number of hydrogen-bond acceptors (Lipinski definition) is 9. The van der Waals surface area contributed by atoms with E-state index in [1.54, 1.807) is 6.07 Å². The second-order valence-electron chi connectivity index (χ2n) is 7.47. The Kier molecular flexibility index (Phi) is 8.37. The molecular formula is C20H23BrClN3O7. The fourth-order valence-corrected chi connectivity index (χ4v) is 4.11. The van der Waals surface area contributed by atoms with E-state index < -0.39 is 36.9 Å². The topological polar surface area (TPSA) is 131 Å². The first-order chi connectivity index (χ1) is 15.2. The molecule has 3 unspecified atom stereocenters. The standard InChI is InChI=1S/C20H23BrClN3O7/c1-11(26)31-10-32-20(30)25-4-2-3-18(28)17(25)5-12(27)8-24-9-23-16-7-14(21)15(22)6-13(16)19(24)29/h6-7,9,17-18,20,28,30H,2-5,8,10H2,1H3. The van der Waals surface area contributed by atoms with Crippen LogP contribution >= 0.6 is 27.5 Å². The predicted octanol–water partition coefficient (Wildman–Crippen LogP) is 1.41. The fraction of sp³-hybridized carbons (Fsp3) is 0.500. The highest BCUT2D eigenvalue weighted by atomic mass is 79.9. The van der Waals surface area contributed by atoms with Gasteiger partial charge in [0.1, 0.15) is 0 Å². The molecule has 0 spiro atoms. The molecule has 10 nitrogen and oxygen atoms in total. The number of halogens is 2. The monoisotopic (exact) mass is 531 g/mol. The minimum absolute atomic E-state index is 0.124. The number of benzene rings is 1. The molecule has 0 amide bonds. The lowest BCUT2D eigenvalue weighted by molar-refractivity contribution is -0.252. The average Bonchev–Trinajstić information content (AvgIpc) is 2.73. The largest absolute Gasteiger partial charge is 0.438 e. The highest BCUT2D eigenvalue weighted by Gasteiger charge is 2.36. The lowest BCUT2D eigenvalue weighted by Crippen LogP contribution is -2.54. The number of rotatable bonds is 8. The van der Waals surface area contributed by atoms with E-state index in [1.807, 2.05) is 0 Å². The third kappa shape index (κ3) is 5.91. The van der Waals surface area contributed by atoms with Gasteiger partial charge in [-0.3, -0.25) is 19.0 Å². The highest BCUT2D eigenvalue weighted by molar-refractivity contribution is 9.10. The number of aliphatic hydroxyl groups is 2. The number of aromatic nitrogens is 2. The SMILES string of the molecule is CC(=O)OCOC(O)N1CCCC(O)C1CC(=O)Cn1cnc2cc(Br)c(Cl)cc2c1=O. The number of Topliss-reactive ketones (excluding diaryl/α,β-unsaturated/α-hetero) is 1. The van der Waals surface area contributed by atoms with Crippen LogP contribution in [0.3, 0.4) is 0 Å². The van der Waals surface area contributed by atoms with Crippen LogP contribution in [0, 0.1) is 0 Å². The first-order valence-corrected chi connectivity index (χ1v) is 11.1. The first-order valence-electron chi connectivity index (χ1n) is 9.90. The van der Waals surface area contributed by atoms with Gasteiger partial charge in [-0.2, -0.15) is 0 Å². The van der Waals surface area contributed by atoms with E-state index in [0.717, 1.165) is 0 Å². The van der Waals surface area contributed by atoms with E-state index >= 15 is 0 Å². The molecule has 1 aliphatic heterocycles. The molecular weight excluding hydrogens is 510 g/mol. The average molecular weight is 533 g/mol. The van der Waals surface area contributed by atoms with Crippen molar-refractivity contribution in [3.05, 3.63) is 38.3 Å². The summed E-state index contributed by atoms with van der Waals surface area (Å²) in [6, 6.07) is 2.39. The Balaban J connectivity index is 1.71. The Morgan fingerprint density at radius 3 is 2.88 bits per heavy atom. The zero-order valence-corrected chi connectivity index (χ0v) is 19.6. The third-order valence-corrected chi connectivity index (χ3v) is 6.40. The fourth-order valence-electron chi connectivity index (χ4n) is 3.62. The lowest BCUT2D eigenvalue weighted by atomic mass is 9.94. The summed E-state index contributed by atoms with van der Waals surface area (Å²) in [5, 5.41) is 21.4. The molecule has 0 saturated carbocycles. The Bertz CT molecular complexity index is 1060. The molecule has 2 N–H and O–H groups in total. The maximum Gasteiger partial charge on any atom is 0.304 e. The summed E-state index contributed by atoms with van der Waals surface area (Å²) in [5.74, 6) is -0.898. The van der Waals surface area contributed by atoms with Gasteiger partial charge in [0.25, 0.3) is 5.56 Å².